The number of carbonyl (C=O) groups excluding carboxylic acids is 4. The largest absolute Gasteiger partial charge is 1.00 e. The molecule has 0 aromatic carbocycles. The summed E-state index contributed by atoms with van der Waals surface area (Å²) in [6.45, 7) is 17.1. The van der Waals surface area contributed by atoms with Gasteiger partial charge in [0.1, 0.15) is 0 Å². The molecule has 0 spiro atoms. The maximum absolute atomic E-state index is 12.1. The van der Waals surface area contributed by atoms with Crippen LogP contribution in [0.15, 0.2) is 0 Å². The van der Waals surface area contributed by atoms with Crippen molar-refractivity contribution in [3.8, 4) is 6.07 Å². The topological polar surface area (TPSA) is 122 Å². The summed E-state index contributed by atoms with van der Waals surface area (Å²) in [4.78, 5) is 51.4. The van der Waals surface area contributed by atoms with Crippen LogP contribution < -0.4 is 29.6 Å². The number of alkyl halides is 1. The standard InChI is InChI=1S/C13H20N2O2.C12H20ClNO2.CN.Na/c1-4-13(2,3)11(16)12(17)15-9-5-6-10(15)7-8-14;1-4-12(2,3)10(15)11(16)14-7-5-6-9(14)8-13;1-2;/h10H,4-7,9H2,1-3H3;9H,4-8H2,1-3H3;;/q;;-1;+1/t10-;9-;;/m00../s1. The van der Waals surface area contributed by atoms with Crippen molar-refractivity contribution in [3.63, 3.8) is 0 Å². The third-order valence-corrected chi connectivity index (χ3v) is 7.52. The number of Topliss-reactive ketones (excluding diaryl/α,β-unsaturated/α-hetero) is 2. The van der Waals surface area contributed by atoms with Crippen molar-refractivity contribution in [2.24, 2.45) is 10.8 Å². The number of halogens is 1. The molecule has 0 aromatic heterocycles. The van der Waals surface area contributed by atoms with Gasteiger partial charge in [0, 0.05) is 41.9 Å². The van der Waals surface area contributed by atoms with Crippen molar-refractivity contribution < 1.29 is 48.7 Å². The van der Waals surface area contributed by atoms with Crippen LogP contribution in [0.25, 0.3) is 0 Å². The fourth-order valence-corrected chi connectivity index (χ4v) is 4.17. The zero-order chi connectivity index (χ0) is 27.4. The maximum Gasteiger partial charge on any atom is 1.00 e. The second kappa shape index (κ2) is 17.1. The predicted molar refractivity (Wildman–Crippen MR) is 134 cm³/mol. The van der Waals surface area contributed by atoms with E-state index in [9.17, 15) is 19.2 Å². The average molecular weight is 531 g/mol. The van der Waals surface area contributed by atoms with Gasteiger partial charge in [0.2, 0.25) is 11.6 Å². The molecule has 2 aliphatic heterocycles. The zero-order valence-electron chi connectivity index (χ0n) is 23.0. The van der Waals surface area contributed by atoms with Gasteiger partial charge in [-0.3, -0.25) is 19.2 Å². The minimum Gasteiger partial charge on any atom is -0.512 e. The molecule has 0 aromatic rings. The van der Waals surface area contributed by atoms with Gasteiger partial charge >= 0.3 is 29.6 Å². The number of hydrogen-bond donors (Lipinski definition) is 0. The molecular weight excluding hydrogens is 491 g/mol. The molecule has 2 heterocycles. The zero-order valence-corrected chi connectivity index (χ0v) is 25.8. The van der Waals surface area contributed by atoms with Crippen LogP contribution in [0.2, 0.25) is 0 Å². The second-order valence-corrected chi connectivity index (χ2v) is 10.5. The fraction of sp³-hybridized carbons (Fsp3) is 0.769. The van der Waals surface area contributed by atoms with Crippen LogP contribution in [0.4, 0.5) is 0 Å². The van der Waals surface area contributed by atoms with Crippen molar-refractivity contribution in [1.29, 1.82) is 10.5 Å². The smallest absolute Gasteiger partial charge is 0.512 e. The van der Waals surface area contributed by atoms with Crippen LogP contribution in [-0.2, 0) is 19.2 Å². The van der Waals surface area contributed by atoms with E-state index in [1.807, 2.05) is 27.7 Å². The Kier molecular flexibility index (Phi) is 17.5. The summed E-state index contributed by atoms with van der Waals surface area (Å²) < 4.78 is 0. The maximum atomic E-state index is 12.1. The van der Waals surface area contributed by atoms with Crippen molar-refractivity contribution in [1.82, 2.24) is 9.80 Å². The quantitative estimate of drug-likeness (QED) is 0.201. The molecule has 2 saturated heterocycles. The average Bonchev–Trinajstić information content (AvgIpc) is 3.53. The number of likely N-dealkylation sites (tertiary alicyclic amines) is 2. The van der Waals surface area contributed by atoms with Crippen LogP contribution in [0.5, 0.6) is 0 Å². The molecule has 0 unspecified atom stereocenters. The van der Waals surface area contributed by atoms with Crippen molar-refractivity contribution in [2.45, 2.75) is 98.6 Å². The van der Waals surface area contributed by atoms with Gasteiger partial charge in [-0.25, -0.2) is 0 Å². The summed E-state index contributed by atoms with van der Waals surface area (Å²) in [5, 5.41) is 14.9. The van der Waals surface area contributed by atoms with Crippen molar-refractivity contribution in [2.75, 3.05) is 19.0 Å². The Morgan fingerprint density at radius 2 is 1.22 bits per heavy atom. The Labute approximate surface area is 244 Å². The summed E-state index contributed by atoms with van der Waals surface area (Å²) in [6.07, 6.45) is 5.23. The minimum absolute atomic E-state index is 0. The van der Waals surface area contributed by atoms with Gasteiger partial charge < -0.3 is 21.6 Å². The van der Waals surface area contributed by atoms with Crippen molar-refractivity contribution in [3.05, 3.63) is 6.57 Å². The van der Waals surface area contributed by atoms with Gasteiger partial charge in [0.25, 0.3) is 11.8 Å². The van der Waals surface area contributed by atoms with E-state index in [4.69, 9.17) is 28.7 Å². The molecule has 36 heavy (non-hydrogen) atoms. The first-order valence-corrected chi connectivity index (χ1v) is 12.8. The molecular formula is C26H40ClN4NaO4. The van der Waals surface area contributed by atoms with E-state index < -0.39 is 16.7 Å². The molecule has 0 aliphatic carbocycles. The van der Waals surface area contributed by atoms with E-state index in [1.54, 1.807) is 23.6 Å². The third-order valence-electron chi connectivity index (χ3n) is 7.17. The predicted octanol–water partition coefficient (Wildman–Crippen LogP) is 1.22. The molecule has 0 radical (unpaired) electrons. The Bertz CT molecular complexity index is 822. The first-order valence-electron chi connectivity index (χ1n) is 12.2. The number of amides is 2. The van der Waals surface area contributed by atoms with Gasteiger partial charge in [-0.1, -0.05) is 41.5 Å². The van der Waals surface area contributed by atoms with E-state index in [0.717, 1.165) is 25.7 Å². The van der Waals surface area contributed by atoms with E-state index in [0.29, 0.717) is 38.2 Å². The van der Waals surface area contributed by atoms with E-state index in [2.05, 4.69) is 6.07 Å². The minimum atomic E-state index is -0.600. The van der Waals surface area contributed by atoms with E-state index in [1.165, 1.54) is 0 Å². The summed E-state index contributed by atoms with van der Waals surface area (Å²) in [5.74, 6) is -0.951. The first kappa shape index (κ1) is 36.7. The molecule has 0 N–H and O–H groups in total. The molecule has 2 atom stereocenters. The molecule has 10 heteroatoms. The summed E-state index contributed by atoms with van der Waals surface area (Å²) in [7, 11) is 0. The number of nitriles is 1. The van der Waals surface area contributed by atoms with Gasteiger partial charge in [-0.05, 0) is 38.5 Å². The van der Waals surface area contributed by atoms with Gasteiger partial charge in [0.15, 0.2) is 0 Å². The summed E-state index contributed by atoms with van der Waals surface area (Å²) in [6, 6.07) is 2.06. The number of ketones is 2. The number of hydrogen-bond acceptors (Lipinski definition) is 6. The molecule has 0 saturated carbocycles. The monoisotopic (exact) mass is 530 g/mol. The van der Waals surface area contributed by atoms with Gasteiger partial charge in [0.05, 0.1) is 12.5 Å². The van der Waals surface area contributed by atoms with Gasteiger partial charge in [-0.15, -0.1) is 11.6 Å². The first-order chi connectivity index (χ1) is 16.4. The normalized spacial score (nSPS) is 19.0. The number of carbonyl (C=O) groups is 4. The van der Waals surface area contributed by atoms with Crippen LogP contribution in [0.3, 0.4) is 0 Å². The van der Waals surface area contributed by atoms with Gasteiger partial charge in [-0.2, -0.15) is 5.26 Å². The Morgan fingerprint density at radius 3 is 1.56 bits per heavy atom. The van der Waals surface area contributed by atoms with E-state index in [-0.39, 0.29) is 59.1 Å². The molecule has 2 amide bonds. The Morgan fingerprint density at radius 1 is 0.861 bits per heavy atom. The van der Waals surface area contributed by atoms with Crippen molar-refractivity contribution >= 4 is 35.0 Å². The molecule has 2 fully saturated rings. The SMILES string of the molecule is CCC(C)(C)C(=O)C(=O)N1CCC[C@H]1CC#N.CCC(C)(C)C(=O)C(=O)N1CCC[C@H]1CCl.[C-]#N.[Na+]. The molecule has 8 nitrogen and oxygen atoms in total. The number of nitrogens with zero attached hydrogens (tertiary/aromatic N) is 4. The fourth-order valence-electron chi connectivity index (χ4n) is 3.85. The molecule has 0 bridgehead atoms. The van der Waals surface area contributed by atoms with Crippen LogP contribution in [0, 0.1) is 34.0 Å². The second-order valence-electron chi connectivity index (χ2n) is 10.2. The molecule has 2 aliphatic rings. The third kappa shape index (κ3) is 9.78. The molecule has 196 valence electrons. The summed E-state index contributed by atoms with van der Waals surface area (Å²) >= 11 is 5.79. The molecule has 2 rings (SSSR count). The van der Waals surface area contributed by atoms with Crippen LogP contribution in [0.1, 0.15) is 86.5 Å². The Hall–Kier alpha value is -1.45. The van der Waals surface area contributed by atoms with Crippen LogP contribution in [-0.4, -0.2) is 64.2 Å². The number of rotatable bonds is 8. The van der Waals surface area contributed by atoms with E-state index >= 15 is 0 Å². The van der Waals surface area contributed by atoms with Crippen LogP contribution >= 0.6 is 11.6 Å². The Balaban J connectivity index is 0. The summed E-state index contributed by atoms with van der Waals surface area (Å²) in [5.41, 5.74) is -1.16.